The number of aliphatic carboxylic acids is 1. The molecule has 0 bridgehead atoms. The van der Waals surface area contributed by atoms with Gasteiger partial charge in [-0.2, -0.15) is 0 Å². The van der Waals surface area contributed by atoms with Crippen LogP contribution in [0.4, 0.5) is 0 Å². The molecule has 162 valence electrons. The van der Waals surface area contributed by atoms with E-state index in [1.54, 1.807) is 25.4 Å². The van der Waals surface area contributed by atoms with Crippen LogP contribution in [0.1, 0.15) is 28.8 Å². The Hall–Kier alpha value is -3.10. The van der Waals surface area contributed by atoms with E-state index < -0.39 is 17.9 Å². The molecule has 1 aliphatic heterocycles. The van der Waals surface area contributed by atoms with Gasteiger partial charge in [-0.1, -0.05) is 6.07 Å². The van der Waals surface area contributed by atoms with E-state index in [0.29, 0.717) is 48.0 Å². The third kappa shape index (κ3) is 3.96. The summed E-state index contributed by atoms with van der Waals surface area (Å²) in [6, 6.07) is 9.83. The molecule has 0 aliphatic carbocycles. The van der Waals surface area contributed by atoms with Gasteiger partial charge in [0.25, 0.3) is 0 Å². The van der Waals surface area contributed by atoms with Crippen molar-refractivity contribution in [2.75, 3.05) is 27.4 Å². The van der Waals surface area contributed by atoms with Gasteiger partial charge in [0.15, 0.2) is 16.9 Å². The summed E-state index contributed by atoms with van der Waals surface area (Å²) in [4.78, 5) is 25.6. The number of ether oxygens (including phenoxy) is 3. The maximum Gasteiger partial charge on any atom is 0.313 e. The monoisotopic (exact) mass is 441 g/mol. The van der Waals surface area contributed by atoms with Crippen molar-refractivity contribution in [3.63, 3.8) is 0 Å². The van der Waals surface area contributed by atoms with Crippen molar-refractivity contribution >= 4 is 17.3 Å². The maximum atomic E-state index is 12.5. The number of hydrogen-bond acceptors (Lipinski definition) is 6. The SMILES string of the molecule is COCCCOc1cc2c(cc1OC)-c1cc(=O)ccn1C(c1cccs1)C2C(=O)O. The molecule has 3 aromatic rings. The second-order valence-corrected chi connectivity index (χ2v) is 8.20. The number of nitrogens with zero attached hydrogens (tertiary/aromatic N) is 1. The lowest BCUT2D eigenvalue weighted by atomic mass is 9.82. The number of carboxylic acids is 1. The molecule has 0 saturated carbocycles. The molecule has 8 heteroatoms. The zero-order valence-corrected chi connectivity index (χ0v) is 18.1. The van der Waals surface area contributed by atoms with Gasteiger partial charge in [0.1, 0.15) is 5.92 Å². The lowest BCUT2D eigenvalue weighted by Gasteiger charge is -2.35. The molecule has 1 aliphatic rings. The highest BCUT2D eigenvalue weighted by Crippen LogP contribution is 2.49. The topological polar surface area (TPSA) is 87.0 Å². The molecule has 0 saturated heterocycles. The summed E-state index contributed by atoms with van der Waals surface area (Å²) in [6.07, 6.45) is 2.36. The van der Waals surface area contributed by atoms with Crippen molar-refractivity contribution in [2.45, 2.75) is 18.4 Å². The van der Waals surface area contributed by atoms with E-state index in [0.717, 1.165) is 4.88 Å². The van der Waals surface area contributed by atoms with E-state index in [4.69, 9.17) is 14.2 Å². The van der Waals surface area contributed by atoms with Crippen LogP contribution in [0.2, 0.25) is 0 Å². The smallest absolute Gasteiger partial charge is 0.313 e. The molecule has 4 rings (SSSR count). The first-order valence-electron chi connectivity index (χ1n) is 9.87. The molecule has 0 radical (unpaired) electrons. The lowest BCUT2D eigenvalue weighted by molar-refractivity contribution is -0.139. The van der Waals surface area contributed by atoms with Gasteiger partial charge in [0, 0.05) is 48.9 Å². The number of methoxy groups -OCH3 is 2. The number of fused-ring (bicyclic) bond motifs is 3. The van der Waals surface area contributed by atoms with Gasteiger partial charge in [0.2, 0.25) is 0 Å². The third-order valence-electron chi connectivity index (χ3n) is 5.37. The van der Waals surface area contributed by atoms with Crippen molar-refractivity contribution in [3.05, 3.63) is 68.6 Å². The van der Waals surface area contributed by atoms with E-state index in [2.05, 4.69) is 0 Å². The average molecular weight is 442 g/mol. The Bertz CT molecular complexity index is 1140. The first-order valence-corrected chi connectivity index (χ1v) is 10.8. The van der Waals surface area contributed by atoms with Gasteiger partial charge in [-0.05, 0) is 29.1 Å². The molecule has 2 unspecified atom stereocenters. The molecule has 1 aromatic carbocycles. The molecule has 0 spiro atoms. The largest absolute Gasteiger partial charge is 0.493 e. The minimum absolute atomic E-state index is 0.144. The van der Waals surface area contributed by atoms with Crippen molar-refractivity contribution in [2.24, 2.45) is 0 Å². The summed E-state index contributed by atoms with van der Waals surface area (Å²) in [7, 11) is 3.16. The Labute approximate surface area is 183 Å². The number of thiophene rings is 1. The number of benzene rings is 1. The van der Waals surface area contributed by atoms with Gasteiger partial charge >= 0.3 is 5.97 Å². The van der Waals surface area contributed by atoms with Crippen LogP contribution in [-0.2, 0) is 9.53 Å². The molecule has 3 heterocycles. The van der Waals surface area contributed by atoms with Crippen LogP contribution >= 0.6 is 11.3 Å². The van der Waals surface area contributed by atoms with Crippen LogP contribution in [0, 0.1) is 0 Å². The summed E-state index contributed by atoms with van der Waals surface area (Å²) in [6.45, 7) is 0.965. The van der Waals surface area contributed by atoms with E-state index in [9.17, 15) is 14.7 Å². The number of carboxylic acid groups (broad SMARTS) is 1. The second-order valence-electron chi connectivity index (χ2n) is 7.22. The molecule has 1 N–H and O–H groups in total. The molecular weight excluding hydrogens is 418 g/mol. The molecule has 2 atom stereocenters. The summed E-state index contributed by atoms with van der Waals surface area (Å²) in [5.41, 5.74) is 1.76. The van der Waals surface area contributed by atoms with Crippen LogP contribution in [-0.4, -0.2) is 43.1 Å². The van der Waals surface area contributed by atoms with Crippen molar-refractivity contribution in [3.8, 4) is 22.8 Å². The number of aromatic nitrogens is 1. The molecule has 0 fully saturated rings. The van der Waals surface area contributed by atoms with Crippen LogP contribution in [0.15, 0.2) is 52.8 Å². The van der Waals surface area contributed by atoms with Crippen LogP contribution < -0.4 is 14.9 Å². The maximum absolute atomic E-state index is 12.5. The van der Waals surface area contributed by atoms with Crippen LogP contribution in [0.5, 0.6) is 11.5 Å². The first kappa shape index (κ1) is 21.1. The average Bonchev–Trinajstić information content (AvgIpc) is 3.29. The van der Waals surface area contributed by atoms with E-state index in [1.165, 1.54) is 30.6 Å². The van der Waals surface area contributed by atoms with Gasteiger partial charge < -0.3 is 23.9 Å². The van der Waals surface area contributed by atoms with E-state index in [1.807, 2.05) is 22.1 Å². The van der Waals surface area contributed by atoms with E-state index >= 15 is 0 Å². The Morgan fingerprint density at radius 2 is 2.00 bits per heavy atom. The predicted octanol–water partition coefficient (Wildman–Crippen LogP) is 3.77. The fourth-order valence-electron chi connectivity index (χ4n) is 4.02. The summed E-state index contributed by atoms with van der Waals surface area (Å²) in [5, 5.41) is 12.2. The molecule has 31 heavy (non-hydrogen) atoms. The van der Waals surface area contributed by atoms with E-state index in [-0.39, 0.29) is 5.43 Å². The lowest BCUT2D eigenvalue weighted by Crippen LogP contribution is -2.31. The Morgan fingerprint density at radius 3 is 2.68 bits per heavy atom. The zero-order chi connectivity index (χ0) is 22.0. The number of pyridine rings is 1. The summed E-state index contributed by atoms with van der Waals surface area (Å²) < 4.78 is 18.3. The standard InChI is InChI=1S/C23H23NO6S/c1-28-8-4-9-30-19-13-16-15(12-18(19)29-2)17-11-14(25)6-7-24(17)22(21(16)23(26)27)20-5-3-10-31-20/h3,5-7,10-13,21-22H,4,8-9H2,1-2H3,(H,26,27). The minimum Gasteiger partial charge on any atom is -0.493 e. The normalized spacial score (nSPS) is 17.0. The quantitative estimate of drug-likeness (QED) is 0.536. The predicted molar refractivity (Wildman–Crippen MR) is 118 cm³/mol. The fourth-order valence-corrected chi connectivity index (χ4v) is 4.88. The summed E-state index contributed by atoms with van der Waals surface area (Å²) >= 11 is 1.49. The molecule has 0 amide bonds. The van der Waals surface area contributed by atoms with Crippen LogP contribution in [0.3, 0.4) is 0 Å². The molecule has 2 aromatic heterocycles. The number of hydrogen-bond donors (Lipinski definition) is 1. The second kappa shape index (κ2) is 8.95. The highest BCUT2D eigenvalue weighted by Gasteiger charge is 2.40. The van der Waals surface area contributed by atoms with Crippen LogP contribution in [0.25, 0.3) is 11.3 Å². The fraction of sp³-hybridized carbons (Fsp3) is 0.304. The highest BCUT2D eigenvalue weighted by atomic mass is 32.1. The van der Waals surface area contributed by atoms with Gasteiger partial charge in [-0.3, -0.25) is 9.59 Å². The first-order chi connectivity index (χ1) is 15.0. The Kier molecular flexibility index (Phi) is 6.11. The molecule has 7 nitrogen and oxygen atoms in total. The Balaban J connectivity index is 1.91. The third-order valence-corrected chi connectivity index (χ3v) is 6.31. The number of rotatable bonds is 8. The van der Waals surface area contributed by atoms with Crippen molar-refractivity contribution in [1.29, 1.82) is 0 Å². The minimum atomic E-state index is -0.945. The highest BCUT2D eigenvalue weighted by molar-refractivity contribution is 7.10. The van der Waals surface area contributed by atoms with Gasteiger partial charge in [-0.25, -0.2) is 0 Å². The summed E-state index contributed by atoms with van der Waals surface area (Å²) in [5.74, 6) is -0.839. The van der Waals surface area contributed by atoms with Gasteiger partial charge in [-0.15, -0.1) is 11.3 Å². The van der Waals surface area contributed by atoms with Crippen molar-refractivity contribution < 1.29 is 24.1 Å². The van der Waals surface area contributed by atoms with Crippen molar-refractivity contribution in [1.82, 2.24) is 4.57 Å². The Morgan fingerprint density at radius 1 is 1.16 bits per heavy atom. The molecular formula is C23H23NO6S. The number of carbonyl (C=O) groups is 1. The zero-order valence-electron chi connectivity index (χ0n) is 17.2. The van der Waals surface area contributed by atoms with Gasteiger partial charge in [0.05, 0.1) is 25.5 Å².